The molecule has 6 nitrogen and oxygen atoms in total. The zero-order valence-corrected chi connectivity index (χ0v) is 19.5. The topological polar surface area (TPSA) is 79.4 Å². The number of rotatable bonds is 6. The molecule has 0 unspecified atom stereocenters. The summed E-state index contributed by atoms with van der Waals surface area (Å²) in [4.78, 5) is 17.0. The third-order valence-corrected chi connectivity index (χ3v) is 7.82. The molecule has 0 bridgehead atoms. The molecule has 0 saturated heterocycles. The van der Waals surface area contributed by atoms with E-state index in [2.05, 4.69) is 10.3 Å². The SMILES string of the molecule is CC(C)N(C)S(=O)(=O)c1ccc(C(=O)Nc2nc(-c3cc(Cl)ccc3Cl)cs2)cc1. The Morgan fingerprint density at radius 3 is 2.43 bits per heavy atom. The van der Waals surface area contributed by atoms with Crippen LogP contribution in [0.3, 0.4) is 0 Å². The van der Waals surface area contributed by atoms with Crippen LogP contribution in [0.5, 0.6) is 0 Å². The average molecular weight is 484 g/mol. The second-order valence-electron chi connectivity index (χ2n) is 6.76. The molecule has 3 rings (SSSR count). The highest BCUT2D eigenvalue weighted by atomic mass is 35.5. The second kappa shape index (κ2) is 9.03. The van der Waals surface area contributed by atoms with Gasteiger partial charge in [-0.1, -0.05) is 23.2 Å². The summed E-state index contributed by atoms with van der Waals surface area (Å²) in [5, 5.41) is 5.91. The summed E-state index contributed by atoms with van der Waals surface area (Å²) in [6.07, 6.45) is 0. The Kier molecular flexibility index (Phi) is 6.84. The summed E-state index contributed by atoms with van der Waals surface area (Å²) < 4.78 is 26.3. The molecule has 0 atom stereocenters. The molecular formula is C20H19Cl2N3O3S2. The van der Waals surface area contributed by atoms with Gasteiger partial charge in [0.2, 0.25) is 10.0 Å². The lowest BCUT2D eigenvalue weighted by Gasteiger charge is -2.20. The number of anilines is 1. The van der Waals surface area contributed by atoms with Crippen LogP contribution in [0.1, 0.15) is 24.2 Å². The van der Waals surface area contributed by atoms with Gasteiger partial charge < -0.3 is 0 Å². The molecule has 0 aliphatic carbocycles. The Labute approximate surface area is 189 Å². The monoisotopic (exact) mass is 483 g/mol. The van der Waals surface area contributed by atoms with Gasteiger partial charge in [-0.05, 0) is 56.3 Å². The van der Waals surface area contributed by atoms with Crippen molar-refractivity contribution < 1.29 is 13.2 Å². The minimum Gasteiger partial charge on any atom is -0.298 e. The summed E-state index contributed by atoms with van der Waals surface area (Å²) in [5.41, 5.74) is 1.59. The lowest BCUT2D eigenvalue weighted by Crippen LogP contribution is -2.33. The largest absolute Gasteiger partial charge is 0.298 e. The predicted octanol–water partition coefficient (Wildman–Crippen LogP) is 5.40. The van der Waals surface area contributed by atoms with Crippen LogP contribution < -0.4 is 5.32 Å². The van der Waals surface area contributed by atoms with Crippen molar-refractivity contribution in [2.75, 3.05) is 12.4 Å². The fraction of sp³-hybridized carbons (Fsp3) is 0.200. The Morgan fingerprint density at radius 1 is 1.13 bits per heavy atom. The number of hydrogen-bond acceptors (Lipinski definition) is 5. The first-order chi connectivity index (χ1) is 14.1. The normalized spacial score (nSPS) is 11.8. The van der Waals surface area contributed by atoms with Gasteiger partial charge in [0.05, 0.1) is 15.6 Å². The number of carbonyl (C=O) groups excluding carboxylic acids is 1. The molecular weight excluding hydrogens is 465 g/mol. The molecule has 0 aliphatic rings. The van der Waals surface area contributed by atoms with E-state index >= 15 is 0 Å². The van der Waals surface area contributed by atoms with Crippen molar-refractivity contribution in [1.82, 2.24) is 9.29 Å². The molecule has 1 heterocycles. The molecule has 1 N–H and O–H groups in total. The third-order valence-electron chi connectivity index (χ3n) is 4.45. The maximum Gasteiger partial charge on any atom is 0.257 e. The number of thiazole rings is 1. The number of benzene rings is 2. The highest BCUT2D eigenvalue weighted by Gasteiger charge is 2.23. The molecule has 0 saturated carbocycles. The van der Waals surface area contributed by atoms with Crippen LogP contribution in [-0.4, -0.2) is 36.7 Å². The quantitative estimate of drug-likeness (QED) is 0.508. The van der Waals surface area contributed by atoms with Crippen LogP contribution in [0.2, 0.25) is 10.0 Å². The van der Waals surface area contributed by atoms with E-state index in [1.807, 2.05) is 0 Å². The van der Waals surface area contributed by atoms with Crippen LogP contribution >= 0.6 is 34.5 Å². The third kappa shape index (κ3) is 4.84. The molecule has 0 fully saturated rings. The van der Waals surface area contributed by atoms with E-state index in [9.17, 15) is 13.2 Å². The van der Waals surface area contributed by atoms with E-state index < -0.39 is 15.9 Å². The van der Waals surface area contributed by atoms with Crippen molar-refractivity contribution in [2.24, 2.45) is 0 Å². The first-order valence-corrected chi connectivity index (χ1v) is 12.0. The molecule has 1 aromatic heterocycles. The van der Waals surface area contributed by atoms with Crippen LogP contribution in [-0.2, 0) is 10.0 Å². The number of hydrogen-bond donors (Lipinski definition) is 1. The summed E-state index contributed by atoms with van der Waals surface area (Å²) in [6.45, 7) is 3.58. The van der Waals surface area contributed by atoms with Crippen LogP contribution in [0, 0.1) is 0 Å². The number of nitrogens with one attached hydrogen (secondary N) is 1. The van der Waals surface area contributed by atoms with Crippen molar-refractivity contribution in [3.05, 3.63) is 63.5 Å². The molecule has 0 spiro atoms. The summed E-state index contributed by atoms with van der Waals surface area (Å²) >= 11 is 13.5. The van der Waals surface area contributed by atoms with E-state index in [0.29, 0.717) is 32.0 Å². The van der Waals surface area contributed by atoms with Crippen molar-refractivity contribution in [3.63, 3.8) is 0 Å². The smallest absolute Gasteiger partial charge is 0.257 e. The van der Waals surface area contributed by atoms with Crippen molar-refractivity contribution >= 4 is 55.6 Å². The fourth-order valence-electron chi connectivity index (χ4n) is 2.54. The summed E-state index contributed by atoms with van der Waals surface area (Å²) in [6, 6.07) is 10.7. The maximum absolute atomic E-state index is 12.5. The van der Waals surface area contributed by atoms with E-state index in [4.69, 9.17) is 23.2 Å². The van der Waals surface area contributed by atoms with Crippen molar-refractivity contribution in [3.8, 4) is 11.3 Å². The molecule has 158 valence electrons. The Morgan fingerprint density at radius 2 is 1.80 bits per heavy atom. The van der Waals surface area contributed by atoms with Gasteiger partial charge in [-0.25, -0.2) is 13.4 Å². The van der Waals surface area contributed by atoms with Gasteiger partial charge >= 0.3 is 0 Å². The molecule has 0 radical (unpaired) electrons. The first-order valence-electron chi connectivity index (χ1n) is 8.90. The number of aromatic nitrogens is 1. The van der Waals surface area contributed by atoms with Crippen LogP contribution in [0.4, 0.5) is 5.13 Å². The Bertz CT molecular complexity index is 1180. The zero-order chi connectivity index (χ0) is 22.1. The van der Waals surface area contributed by atoms with E-state index in [-0.39, 0.29) is 10.9 Å². The predicted molar refractivity (Wildman–Crippen MR) is 122 cm³/mol. The molecule has 1 amide bonds. The summed E-state index contributed by atoms with van der Waals surface area (Å²) in [5.74, 6) is -0.394. The number of sulfonamides is 1. The fourth-order valence-corrected chi connectivity index (χ4v) is 5.00. The number of nitrogens with zero attached hydrogens (tertiary/aromatic N) is 2. The van der Waals surface area contributed by atoms with Gasteiger partial charge in [0.15, 0.2) is 5.13 Å². The van der Waals surface area contributed by atoms with Gasteiger partial charge in [-0.2, -0.15) is 4.31 Å². The standard InChI is InChI=1S/C20H19Cl2N3O3S2/c1-12(2)25(3)30(27,28)15-7-4-13(5-8-15)19(26)24-20-23-18(11-29-20)16-10-14(21)6-9-17(16)22/h4-12H,1-3H3,(H,23,24,26). The highest BCUT2D eigenvalue weighted by molar-refractivity contribution is 7.89. The first kappa shape index (κ1) is 22.7. The second-order valence-corrected chi connectivity index (χ2v) is 10.5. The minimum atomic E-state index is -3.61. The lowest BCUT2D eigenvalue weighted by molar-refractivity contribution is 0.102. The maximum atomic E-state index is 12.5. The number of halogens is 2. The molecule has 0 aliphatic heterocycles. The Balaban J connectivity index is 1.76. The Hall–Kier alpha value is -1.97. The zero-order valence-electron chi connectivity index (χ0n) is 16.4. The van der Waals surface area contributed by atoms with Crippen LogP contribution in [0.15, 0.2) is 52.7 Å². The van der Waals surface area contributed by atoms with Crippen LogP contribution in [0.25, 0.3) is 11.3 Å². The van der Waals surface area contributed by atoms with Crippen molar-refractivity contribution in [2.45, 2.75) is 24.8 Å². The highest BCUT2D eigenvalue weighted by Crippen LogP contribution is 2.32. The molecule has 2 aromatic carbocycles. The molecule has 10 heteroatoms. The van der Waals surface area contributed by atoms with Gasteiger partial charge in [-0.15, -0.1) is 11.3 Å². The van der Waals surface area contributed by atoms with Gasteiger partial charge in [0.25, 0.3) is 5.91 Å². The van der Waals surface area contributed by atoms with E-state index in [1.165, 1.54) is 47.0 Å². The average Bonchev–Trinajstić information content (AvgIpc) is 3.17. The molecule has 3 aromatic rings. The van der Waals surface area contributed by atoms with E-state index in [1.54, 1.807) is 37.4 Å². The molecule has 30 heavy (non-hydrogen) atoms. The van der Waals surface area contributed by atoms with Gasteiger partial charge in [0, 0.05) is 34.6 Å². The van der Waals surface area contributed by atoms with Crippen molar-refractivity contribution in [1.29, 1.82) is 0 Å². The minimum absolute atomic E-state index is 0.127. The number of carbonyl (C=O) groups is 1. The number of amides is 1. The van der Waals surface area contributed by atoms with E-state index in [0.717, 1.165) is 0 Å². The van der Waals surface area contributed by atoms with Gasteiger partial charge in [-0.3, -0.25) is 10.1 Å². The summed E-state index contributed by atoms with van der Waals surface area (Å²) in [7, 11) is -2.09. The lowest BCUT2D eigenvalue weighted by atomic mass is 10.2. The van der Waals surface area contributed by atoms with Gasteiger partial charge in [0.1, 0.15) is 0 Å².